The van der Waals surface area contributed by atoms with Crippen molar-refractivity contribution in [3.8, 4) is 0 Å². The number of ether oxygens (including phenoxy) is 2. The Balaban J connectivity index is 2.51. The largest absolute Gasteiger partial charge is 0.377 e. The van der Waals surface area contributed by atoms with E-state index in [0.717, 1.165) is 5.69 Å². The highest BCUT2D eigenvalue weighted by atomic mass is 16.7. The van der Waals surface area contributed by atoms with Crippen molar-refractivity contribution in [3.05, 3.63) is 30.3 Å². The second-order valence-electron chi connectivity index (χ2n) is 3.58. The molecular weight excluding hydrogens is 202 g/mol. The lowest BCUT2D eigenvalue weighted by Crippen LogP contribution is -2.35. The SMILES string of the molecule is CCOC(OCC)C(C)Nc1ccccc1. The van der Waals surface area contributed by atoms with Gasteiger partial charge in [-0.1, -0.05) is 18.2 Å². The van der Waals surface area contributed by atoms with Crippen LogP contribution in [0.4, 0.5) is 5.69 Å². The van der Waals surface area contributed by atoms with Gasteiger partial charge in [0.25, 0.3) is 0 Å². The molecule has 16 heavy (non-hydrogen) atoms. The normalized spacial score (nSPS) is 12.8. The molecule has 0 saturated heterocycles. The first-order valence-electron chi connectivity index (χ1n) is 5.82. The predicted octanol–water partition coefficient (Wildman–Crippen LogP) is 2.89. The van der Waals surface area contributed by atoms with Crippen LogP contribution in [-0.4, -0.2) is 25.5 Å². The van der Waals surface area contributed by atoms with Crippen LogP contribution in [0.1, 0.15) is 20.8 Å². The molecule has 0 heterocycles. The summed E-state index contributed by atoms with van der Waals surface area (Å²) in [5, 5.41) is 3.36. The van der Waals surface area contributed by atoms with Crippen LogP contribution in [0, 0.1) is 0 Å². The summed E-state index contributed by atoms with van der Waals surface area (Å²) in [7, 11) is 0. The minimum absolute atomic E-state index is 0.127. The Morgan fingerprint density at radius 2 is 1.62 bits per heavy atom. The number of hydrogen-bond acceptors (Lipinski definition) is 3. The maximum atomic E-state index is 5.53. The van der Waals surface area contributed by atoms with Crippen LogP contribution in [0.2, 0.25) is 0 Å². The topological polar surface area (TPSA) is 30.5 Å². The predicted molar refractivity (Wildman–Crippen MR) is 66.6 cm³/mol. The molecule has 1 atom stereocenters. The van der Waals surface area contributed by atoms with E-state index in [1.807, 2.05) is 44.2 Å². The van der Waals surface area contributed by atoms with E-state index >= 15 is 0 Å². The van der Waals surface area contributed by atoms with E-state index in [1.165, 1.54) is 0 Å². The van der Waals surface area contributed by atoms with Crippen LogP contribution in [0.5, 0.6) is 0 Å². The summed E-state index contributed by atoms with van der Waals surface area (Å²) in [6, 6.07) is 10.2. The Labute approximate surface area is 97.8 Å². The van der Waals surface area contributed by atoms with Crippen LogP contribution in [0.15, 0.2) is 30.3 Å². The summed E-state index contributed by atoms with van der Waals surface area (Å²) in [4.78, 5) is 0. The Morgan fingerprint density at radius 3 is 2.12 bits per heavy atom. The Bertz CT molecular complexity index is 271. The average Bonchev–Trinajstić information content (AvgIpc) is 2.30. The molecule has 1 N–H and O–H groups in total. The molecule has 0 aliphatic rings. The molecule has 0 radical (unpaired) electrons. The van der Waals surface area contributed by atoms with Crippen molar-refractivity contribution >= 4 is 5.69 Å². The van der Waals surface area contributed by atoms with Gasteiger partial charge < -0.3 is 14.8 Å². The first kappa shape index (κ1) is 13.0. The molecule has 1 unspecified atom stereocenters. The first-order valence-corrected chi connectivity index (χ1v) is 5.82. The van der Waals surface area contributed by atoms with Gasteiger partial charge in [-0.25, -0.2) is 0 Å². The van der Waals surface area contributed by atoms with E-state index in [9.17, 15) is 0 Å². The van der Waals surface area contributed by atoms with E-state index in [-0.39, 0.29) is 12.3 Å². The van der Waals surface area contributed by atoms with E-state index < -0.39 is 0 Å². The zero-order valence-electron chi connectivity index (χ0n) is 10.3. The lowest BCUT2D eigenvalue weighted by molar-refractivity contribution is -0.142. The monoisotopic (exact) mass is 223 g/mol. The fourth-order valence-corrected chi connectivity index (χ4v) is 1.53. The van der Waals surface area contributed by atoms with Crippen LogP contribution >= 0.6 is 0 Å². The molecule has 0 bridgehead atoms. The number of benzene rings is 1. The number of anilines is 1. The molecule has 1 aromatic carbocycles. The highest BCUT2D eigenvalue weighted by molar-refractivity contribution is 5.43. The molecule has 90 valence electrons. The Hall–Kier alpha value is -1.06. The minimum atomic E-state index is -0.199. The van der Waals surface area contributed by atoms with Crippen molar-refractivity contribution in [3.63, 3.8) is 0 Å². The molecule has 1 aromatic rings. The summed E-state index contributed by atoms with van der Waals surface area (Å²) < 4.78 is 11.1. The van der Waals surface area contributed by atoms with Crippen LogP contribution in [0.25, 0.3) is 0 Å². The van der Waals surface area contributed by atoms with Crippen LogP contribution in [-0.2, 0) is 9.47 Å². The van der Waals surface area contributed by atoms with Gasteiger partial charge in [0.2, 0.25) is 0 Å². The zero-order chi connectivity index (χ0) is 11.8. The minimum Gasteiger partial charge on any atom is -0.377 e. The fourth-order valence-electron chi connectivity index (χ4n) is 1.53. The van der Waals surface area contributed by atoms with Crippen LogP contribution < -0.4 is 5.32 Å². The standard InChI is InChI=1S/C13H21NO2/c1-4-15-13(16-5-2)11(3)14-12-9-7-6-8-10-12/h6-11,13-14H,4-5H2,1-3H3. The second-order valence-corrected chi connectivity index (χ2v) is 3.58. The van der Waals surface area contributed by atoms with Crippen molar-refractivity contribution in [1.29, 1.82) is 0 Å². The van der Waals surface area contributed by atoms with Gasteiger partial charge in [0.05, 0.1) is 6.04 Å². The number of hydrogen-bond donors (Lipinski definition) is 1. The number of para-hydroxylation sites is 1. The maximum absolute atomic E-state index is 5.53. The summed E-state index contributed by atoms with van der Waals surface area (Å²) >= 11 is 0. The van der Waals surface area contributed by atoms with Gasteiger partial charge in [-0.2, -0.15) is 0 Å². The van der Waals surface area contributed by atoms with Crippen LogP contribution in [0.3, 0.4) is 0 Å². The van der Waals surface area contributed by atoms with Crippen molar-refractivity contribution in [2.75, 3.05) is 18.5 Å². The quantitative estimate of drug-likeness (QED) is 0.721. The van der Waals surface area contributed by atoms with Gasteiger partial charge in [-0.05, 0) is 32.9 Å². The molecule has 3 heteroatoms. The highest BCUT2D eigenvalue weighted by Gasteiger charge is 2.16. The molecule has 0 fully saturated rings. The van der Waals surface area contributed by atoms with Crippen molar-refractivity contribution in [1.82, 2.24) is 0 Å². The van der Waals surface area contributed by atoms with Crippen molar-refractivity contribution in [2.45, 2.75) is 33.1 Å². The van der Waals surface area contributed by atoms with Crippen molar-refractivity contribution < 1.29 is 9.47 Å². The molecular formula is C13H21NO2. The third-order valence-electron chi connectivity index (χ3n) is 2.24. The highest BCUT2D eigenvalue weighted by Crippen LogP contribution is 2.11. The molecule has 0 aliphatic heterocycles. The van der Waals surface area contributed by atoms with E-state index in [1.54, 1.807) is 0 Å². The summed E-state index contributed by atoms with van der Waals surface area (Å²) in [6.45, 7) is 7.32. The zero-order valence-corrected chi connectivity index (χ0v) is 10.3. The first-order chi connectivity index (χ1) is 7.77. The second kappa shape index (κ2) is 7.25. The average molecular weight is 223 g/mol. The van der Waals surface area contributed by atoms with Gasteiger partial charge >= 0.3 is 0 Å². The summed E-state index contributed by atoms with van der Waals surface area (Å²) in [6.07, 6.45) is -0.199. The smallest absolute Gasteiger partial charge is 0.177 e. The molecule has 1 rings (SSSR count). The van der Waals surface area contributed by atoms with Gasteiger partial charge in [-0.3, -0.25) is 0 Å². The third-order valence-corrected chi connectivity index (χ3v) is 2.24. The van der Waals surface area contributed by atoms with Gasteiger partial charge in [0.1, 0.15) is 0 Å². The summed E-state index contributed by atoms with van der Waals surface area (Å²) in [5.74, 6) is 0. The number of rotatable bonds is 7. The van der Waals surface area contributed by atoms with E-state index in [0.29, 0.717) is 13.2 Å². The molecule has 0 amide bonds. The third kappa shape index (κ3) is 4.21. The van der Waals surface area contributed by atoms with E-state index in [2.05, 4.69) is 12.2 Å². The molecule has 0 spiro atoms. The molecule has 0 saturated carbocycles. The maximum Gasteiger partial charge on any atom is 0.177 e. The lowest BCUT2D eigenvalue weighted by Gasteiger charge is -2.25. The molecule has 0 aromatic heterocycles. The fraction of sp³-hybridized carbons (Fsp3) is 0.538. The summed E-state index contributed by atoms with van der Waals surface area (Å²) in [5.41, 5.74) is 1.08. The van der Waals surface area contributed by atoms with E-state index in [4.69, 9.17) is 9.47 Å². The van der Waals surface area contributed by atoms with Gasteiger partial charge in [-0.15, -0.1) is 0 Å². The van der Waals surface area contributed by atoms with Gasteiger partial charge in [0, 0.05) is 18.9 Å². The Kier molecular flexibility index (Phi) is 5.90. The molecule has 3 nitrogen and oxygen atoms in total. The Morgan fingerprint density at radius 1 is 1.06 bits per heavy atom. The number of nitrogens with one attached hydrogen (secondary N) is 1. The lowest BCUT2D eigenvalue weighted by atomic mass is 10.2. The van der Waals surface area contributed by atoms with Gasteiger partial charge in [0.15, 0.2) is 6.29 Å². The van der Waals surface area contributed by atoms with Crippen molar-refractivity contribution in [2.24, 2.45) is 0 Å². The molecule has 0 aliphatic carbocycles.